The molecule has 2 aromatic rings. The maximum absolute atomic E-state index is 11.8. The fourth-order valence-electron chi connectivity index (χ4n) is 3.17. The summed E-state index contributed by atoms with van der Waals surface area (Å²) in [5.74, 6) is 0.868. The largest absolute Gasteiger partial charge is 0.288 e. The van der Waals surface area contributed by atoms with Gasteiger partial charge in [0.25, 0.3) is 0 Å². The molecular weight excluding hydrogens is 308 g/mol. The molecule has 2 rings (SSSR count). The van der Waals surface area contributed by atoms with Crippen LogP contribution in [0.1, 0.15) is 80.7 Å². The number of rotatable bonds is 5. The second kappa shape index (κ2) is 7.73. The van der Waals surface area contributed by atoms with Crippen LogP contribution in [0.3, 0.4) is 0 Å². The number of nitrogens with zero attached hydrogens (tertiary/aromatic N) is 2. The predicted octanol–water partition coefficient (Wildman–Crippen LogP) is 5.10. The van der Waals surface area contributed by atoms with Crippen LogP contribution in [0, 0.1) is 0 Å². The number of hydrogen-bond acceptors (Lipinski definition) is 2. The summed E-state index contributed by atoms with van der Waals surface area (Å²) in [6.45, 7) is 12.4. The zero-order valence-corrected chi connectivity index (χ0v) is 16.4. The quantitative estimate of drug-likeness (QED) is 0.424. The number of Topliss-reactive ketones (excluding diaryl/α,β-unsaturated/α-hetero) is 1. The molecule has 3 nitrogen and oxygen atoms in total. The zero-order chi connectivity index (χ0) is 18.7. The van der Waals surface area contributed by atoms with Crippen LogP contribution in [0.15, 0.2) is 41.4 Å². The molecule has 3 heteroatoms. The van der Waals surface area contributed by atoms with Crippen molar-refractivity contribution in [2.24, 2.45) is 12.0 Å². The first-order valence-electron chi connectivity index (χ1n) is 8.92. The van der Waals surface area contributed by atoms with Crippen LogP contribution >= 0.6 is 0 Å². The molecule has 0 atom stereocenters. The molecule has 0 unspecified atom stereocenters. The molecule has 132 valence electrons. The maximum atomic E-state index is 11.8. The zero-order valence-electron chi connectivity index (χ0n) is 16.4. The van der Waals surface area contributed by atoms with Crippen LogP contribution < -0.4 is 4.57 Å². The minimum Gasteiger partial charge on any atom is -0.288 e. The average Bonchev–Trinajstić information content (AvgIpc) is 2.54. The number of ketones is 1. The molecule has 25 heavy (non-hydrogen) atoms. The van der Waals surface area contributed by atoms with E-state index in [0.717, 1.165) is 17.1 Å². The molecule has 0 aliphatic rings. The molecule has 0 fully saturated rings. The van der Waals surface area contributed by atoms with Crippen molar-refractivity contribution in [1.29, 1.82) is 0 Å². The van der Waals surface area contributed by atoms with E-state index in [-0.39, 0.29) is 5.78 Å². The van der Waals surface area contributed by atoms with E-state index >= 15 is 0 Å². The maximum Gasteiger partial charge on any atom is 0.248 e. The Morgan fingerprint density at radius 1 is 0.880 bits per heavy atom. The van der Waals surface area contributed by atoms with Gasteiger partial charge in [0.15, 0.2) is 0 Å². The van der Waals surface area contributed by atoms with Gasteiger partial charge in [-0.3, -0.25) is 4.79 Å². The highest BCUT2D eigenvalue weighted by Crippen LogP contribution is 2.35. The van der Waals surface area contributed by atoms with Crippen LogP contribution in [0.2, 0.25) is 0 Å². The van der Waals surface area contributed by atoms with Gasteiger partial charge in [-0.25, -0.2) is 4.99 Å². The number of benzene rings is 1. The highest BCUT2D eigenvalue weighted by atomic mass is 16.1. The van der Waals surface area contributed by atoms with Crippen molar-refractivity contribution in [3.63, 3.8) is 0 Å². The molecule has 1 aromatic heterocycles. The molecule has 0 radical (unpaired) electrons. The highest BCUT2D eigenvalue weighted by molar-refractivity contribution is 5.98. The van der Waals surface area contributed by atoms with Crippen LogP contribution in [0.25, 0.3) is 0 Å². The van der Waals surface area contributed by atoms with Crippen molar-refractivity contribution in [1.82, 2.24) is 0 Å². The Morgan fingerprint density at radius 3 is 1.84 bits per heavy atom. The van der Waals surface area contributed by atoms with Crippen molar-refractivity contribution < 1.29 is 9.36 Å². The number of para-hydroxylation sites is 1. The summed E-state index contributed by atoms with van der Waals surface area (Å²) in [7, 11) is 1.92. The lowest BCUT2D eigenvalue weighted by atomic mass is 9.93. The van der Waals surface area contributed by atoms with E-state index in [4.69, 9.17) is 4.99 Å². The summed E-state index contributed by atoms with van der Waals surface area (Å²) in [5, 5.41) is 0. The Bertz CT molecular complexity index is 791. The van der Waals surface area contributed by atoms with E-state index < -0.39 is 0 Å². The van der Waals surface area contributed by atoms with Gasteiger partial charge >= 0.3 is 0 Å². The second-order valence-corrected chi connectivity index (χ2v) is 7.20. The van der Waals surface area contributed by atoms with Gasteiger partial charge in [0, 0.05) is 19.1 Å². The minimum atomic E-state index is 0.0580. The van der Waals surface area contributed by atoms with Gasteiger partial charge in [-0.1, -0.05) is 45.9 Å². The van der Waals surface area contributed by atoms with Crippen molar-refractivity contribution in [3.05, 3.63) is 58.9 Å². The fourth-order valence-corrected chi connectivity index (χ4v) is 3.17. The monoisotopic (exact) mass is 337 g/mol. The van der Waals surface area contributed by atoms with E-state index in [1.165, 1.54) is 11.1 Å². The molecule has 0 saturated heterocycles. The van der Waals surface area contributed by atoms with Gasteiger partial charge in [0.1, 0.15) is 12.8 Å². The summed E-state index contributed by atoms with van der Waals surface area (Å²) >= 11 is 0. The van der Waals surface area contributed by atoms with Gasteiger partial charge < -0.3 is 0 Å². The molecular formula is C22H29N2O+. The van der Waals surface area contributed by atoms with Crippen molar-refractivity contribution in [3.8, 4) is 0 Å². The number of pyridine rings is 1. The van der Waals surface area contributed by atoms with Crippen LogP contribution in [-0.2, 0) is 7.05 Å². The number of aromatic nitrogens is 1. The first-order chi connectivity index (χ1) is 11.7. The van der Waals surface area contributed by atoms with Gasteiger partial charge in [0.2, 0.25) is 17.2 Å². The molecule has 0 bridgehead atoms. The van der Waals surface area contributed by atoms with Gasteiger partial charge in [-0.15, -0.1) is 0 Å². The summed E-state index contributed by atoms with van der Waals surface area (Å²) in [6, 6.07) is 12.2. The third kappa shape index (κ3) is 4.04. The molecule has 0 amide bonds. The van der Waals surface area contributed by atoms with E-state index in [2.05, 4.69) is 45.9 Å². The summed E-state index contributed by atoms with van der Waals surface area (Å²) in [4.78, 5) is 16.8. The molecule has 0 saturated carbocycles. The van der Waals surface area contributed by atoms with E-state index in [0.29, 0.717) is 17.5 Å². The van der Waals surface area contributed by atoms with Gasteiger partial charge in [-0.2, -0.15) is 4.57 Å². The average molecular weight is 337 g/mol. The summed E-state index contributed by atoms with van der Waals surface area (Å²) in [6.07, 6.45) is 0. The van der Waals surface area contributed by atoms with Crippen LogP contribution in [-0.4, -0.2) is 11.5 Å². The Balaban J connectivity index is 2.65. The van der Waals surface area contributed by atoms with Crippen molar-refractivity contribution >= 4 is 17.2 Å². The molecule has 1 heterocycles. The topological polar surface area (TPSA) is 33.3 Å². The van der Waals surface area contributed by atoms with Crippen molar-refractivity contribution in [2.75, 3.05) is 0 Å². The Kier molecular flexibility index (Phi) is 5.89. The van der Waals surface area contributed by atoms with Gasteiger partial charge in [0.05, 0.1) is 5.69 Å². The Labute approximate surface area is 151 Å². The smallest absolute Gasteiger partial charge is 0.248 e. The van der Waals surface area contributed by atoms with Crippen LogP contribution in [0.4, 0.5) is 5.69 Å². The molecule has 0 N–H and O–H groups in total. The third-order valence-electron chi connectivity index (χ3n) is 4.58. The van der Waals surface area contributed by atoms with Crippen LogP contribution in [0.5, 0.6) is 0 Å². The predicted molar refractivity (Wildman–Crippen MR) is 104 cm³/mol. The molecule has 1 aromatic carbocycles. The van der Waals surface area contributed by atoms with E-state index in [9.17, 15) is 4.79 Å². The lowest BCUT2D eigenvalue weighted by molar-refractivity contribution is -0.674. The minimum absolute atomic E-state index is 0.0580. The van der Waals surface area contributed by atoms with Gasteiger partial charge in [-0.05, 0) is 36.0 Å². The normalized spacial score (nSPS) is 12.1. The Morgan fingerprint density at radius 2 is 1.36 bits per heavy atom. The highest BCUT2D eigenvalue weighted by Gasteiger charge is 2.19. The SMILES string of the molecule is CC(=O)c1cccc(C(C)=Nc2c(C(C)C)cccc2C(C)C)[n+]1C. The second-order valence-electron chi connectivity index (χ2n) is 7.20. The lowest BCUT2D eigenvalue weighted by Gasteiger charge is -2.17. The first-order valence-corrected chi connectivity index (χ1v) is 8.92. The summed E-state index contributed by atoms with van der Waals surface area (Å²) < 4.78 is 1.92. The lowest BCUT2D eigenvalue weighted by Crippen LogP contribution is -2.41. The molecule has 0 spiro atoms. The Hall–Kier alpha value is -2.29. The fraction of sp³-hybridized carbons (Fsp3) is 0.409. The number of hydrogen-bond donors (Lipinski definition) is 0. The molecule has 0 aliphatic heterocycles. The standard InChI is InChI=1S/C22H29N2O/c1-14(2)18-10-8-11-19(15(3)4)22(18)23-16(5)20-12-9-13-21(17(6)25)24(20)7/h8-15H,1-7H3/q+1. The number of carbonyl (C=O) groups is 1. The van der Waals surface area contributed by atoms with E-state index in [1.54, 1.807) is 6.92 Å². The summed E-state index contributed by atoms with van der Waals surface area (Å²) in [5.41, 5.74) is 6.15. The number of aliphatic imine (C=N–C) groups is 1. The van der Waals surface area contributed by atoms with Crippen molar-refractivity contribution in [2.45, 2.75) is 53.4 Å². The third-order valence-corrected chi connectivity index (χ3v) is 4.58. The molecule has 0 aliphatic carbocycles. The number of carbonyl (C=O) groups excluding carboxylic acids is 1. The first kappa shape index (κ1) is 19.0. The van der Waals surface area contributed by atoms with E-state index in [1.807, 2.05) is 36.7 Å².